The Morgan fingerprint density at radius 3 is 1.52 bits per heavy atom. The van der Waals surface area contributed by atoms with Crippen molar-refractivity contribution in [1.29, 1.82) is 0 Å². The van der Waals surface area contributed by atoms with E-state index in [9.17, 15) is 40.5 Å². The molecule has 2 aliphatic rings. The molecule has 390 valence electrons. The first kappa shape index (κ1) is 61.1. The quantitative estimate of drug-likeness (QED) is 0.0176. The summed E-state index contributed by atoms with van der Waals surface area (Å²) in [5, 5.41) is 72.1. The van der Waals surface area contributed by atoms with Crippen molar-refractivity contribution in [2.75, 3.05) is 33.0 Å². The van der Waals surface area contributed by atoms with E-state index >= 15 is 0 Å². The maximum Gasteiger partial charge on any atom is 0.306 e. The van der Waals surface area contributed by atoms with E-state index in [1.165, 1.54) is 83.5 Å². The second-order valence-corrected chi connectivity index (χ2v) is 18.3. The molecule has 0 saturated carbocycles. The number of rotatable bonds is 41. The van der Waals surface area contributed by atoms with Crippen molar-refractivity contribution in [3.63, 3.8) is 0 Å². The van der Waals surface area contributed by atoms with Crippen LogP contribution in [-0.4, -0.2) is 142 Å². The molecule has 0 spiro atoms. The van der Waals surface area contributed by atoms with E-state index in [1.807, 2.05) is 0 Å². The van der Waals surface area contributed by atoms with E-state index in [0.29, 0.717) is 13.0 Å². The molecule has 2 saturated heterocycles. The third-order valence-electron chi connectivity index (χ3n) is 12.4. The Morgan fingerprint density at radius 1 is 0.507 bits per heavy atom. The zero-order valence-corrected chi connectivity index (χ0v) is 41.4. The van der Waals surface area contributed by atoms with E-state index in [0.717, 1.165) is 70.6 Å². The molecule has 14 nitrogen and oxygen atoms in total. The second kappa shape index (κ2) is 40.7. The maximum atomic E-state index is 13.0. The summed E-state index contributed by atoms with van der Waals surface area (Å²) in [5.74, 6) is -0.380. The molecule has 2 fully saturated rings. The predicted molar refractivity (Wildman–Crippen MR) is 261 cm³/mol. The average Bonchev–Trinajstić information content (AvgIpc) is 3.32. The molecule has 11 unspecified atom stereocenters. The Balaban J connectivity index is 1.72. The van der Waals surface area contributed by atoms with E-state index in [2.05, 4.69) is 62.5 Å². The summed E-state index contributed by atoms with van der Waals surface area (Å²) < 4.78 is 34.3. The smallest absolute Gasteiger partial charge is 0.306 e. The summed E-state index contributed by atoms with van der Waals surface area (Å²) in [6.45, 7) is 3.55. The van der Waals surface area contributed by atoms with Gasteiger partial charge >= 0.3 is 5.97 Å². The molecule has 7 N–H and O–H groups in total. The average molecular weight is 955 g/mol. The molecular formula is C53H94O14. The van der Waals surface area contributed by atoms with Gasteiger partial charge in [-0.3, -0.25) is 4.79 Å². The minimum atomic E-state index is -1.71. The molecule has 11 atom stereocenters. The summed E-state index contributed by atoms with van der Waals surface area (Å²) in [7, 11) is 0. The predicted octanol–water partition coefficient (Wildman–Crippen LogP) is 7.96. The highest BCUT2D eigenvalue weighted by Crippen LogP contribution is 2.26. The molecule has 0 aliphatic carbocycles. The van der Waals surface area contributed by atoms with Crippen LogP contribution in [0.1, 0.15) is 181 Å². The molecule has 0 bridgehead atoms. The third kappa shape index (κ3) is 28.4. The number of hydrogen-bond donors (Lipinski definition) is 7. The summed E-state index contributed by atoms with van der Waals surface area (Å²) >= 11 is 0. The topological polar surface area (TPSA) is 214 Å². The molecular weight excluding hydrogens is 861 g/mol. The summed E-state index contributed by atoms with van der Waals surface area (Å²) in [6.07, 6.45) is 30.3. The number of aliphatic hydroxyl groups excluding tert-OH is 7. The van der Waals surface area contributed by atoms with Gasteiger partial charge in [-0.1, -0.05) is 172 Å². The van der Waals surface area contributed by atoms with Gasteiger partial charge < -0.3 is 64.2 Å². The van der Waals surface area contributed by atoms with Crippen molar-refractivity contribution < 1.29 is 69.0 Å². The Kier molecular flexibility index (Phi) is 37.1. The van der Waals surface area contributed by atoms with Gasteiger partial charge in [-0.05, 0) is 51.4 Å². The van der Waals surface area contributed by atoms with Gasteiger partial charge in [-0.25, -0.2) is 0 Å². The molecule has 0 aromatic heterocycles. The minimum absolute atomic E-state index is 0.0581. The zero-order valence-electron chi connectivity index (χ0n) is 41.4. The highest BCUT2D eigenvalue weighted by atomic mass is 16.7. The van der Waals surface area contributed by atoms with Crippen molar-refractivity contribution in [3.8, 4) is 0 Å². The lowest BCUT2D eigenvalue weighted by Crippen LogP contribution is -2.61. The lowest BCUT2D eigenvalue weighted by molar-refractivity contribution is -0.332. The van der Waals surface area contributed by atoms with Crippen LogP contribution in [0.15, 0.2) is 48.6 Å². The summed E-state index contributed by atoms with van der Waals surface area (Å²) in [5.41, 5.74) is 0. The number of ether oxygens (including phenoxy) is 6. The fourth-order valence-corrected chi connectivity index (χ4v) is 8.10. The Morgan fingerprint density at radius 2 is 0.970 bits per heavy atom. The van der Waals surface area contributed by atoms with Gasteiger partial charge in [-0.2, -0.15) is 0 Å². The molecule has 67 heavy (non-hydrogen) atoms. The van der Waals surface area contributed by atoms with Crippen LogP contribution < -0.4 is 0 Å². The maximum absolute atomic E-state index is 13.0. The number of carbonyl (C=O) groups excluding carboxylic acids is 1. The van der Waals surface area contributed by atoms with Gasteiger partial charge in [0.15, 0.2) is 12.6 Å². The van der Waals surface area contributed by atoms with Crippen LogP contribution in [0.4, 0.5) is 0 Å². The fourth-order valence-electron chi connectivity index (χ4n) is 8.10. The standard InChI is InChI=1S/C53H94O14/c1-3-5-7-9-11-13-15-16-17-18-19-20-21-22-23-24-25-27-29-31-33-35-37-62-39-42(65-45(55)36-34-32-30-28-26-14-12-10-8-6-4-2)40-63-52-51(61)49(59)47(57)44(67-52)41-64-53-50(60)48(58)46(56)43(38-54)66-53/h5,7,11,13,16-17,19-20,42-44,46-54,56-61H,3-4,6,8-10,12,14-15,18,21-41H2,1-2H3/b7-5-,13-11-,17-16-,20-19-. The Bertz CT molecular complexity index is 1290. The fraction of sp³-hybridized carbons (Fsp3) is 0.830. The van der Waals surface area contributed by atoms with Gasteiger partial charge in [0.2, 0.25) is 0 Å². The molecule has 2 aliphatic heterocycles. The van der Waals surface area contributed by atoms with Crippen molar-refractivity contribution >= 4 is 5.97 Å². The van der Waals surface area contributed by atoms with Crippen LogP contribution >= 0.6 is 0 Å². The molecule has 0 radical (unpaired) electrons. The summed E-state index contributed by atoms with van der Waals surface area (Å²) in [6, 6.07) is 0. The lowest BCUT2D eigenvalue weighted by Gasteiger charge is -2.42. The van der Waals surface area contributed by atoms with E-state index in [-0.39, 0.29) is 25.6 Å². The first-order valence-corrected chi connectivity index (χ1v) is 26.2. The Hall–Kier alpha value is -2.05. The third-order valence-corrected chi connectivity index (χ3v) is 12.4. The number of unbranched alkanes of at least 4 members (excludes halogenated alkanes) is 19. The lowest BCUT2D eigenvalue weighted by atomic mass is 9.98. The van der Waals surface area contributed by atoms with Crippen molar-refractivity contribution in [2.24, 2.45) is 0 Å². The van der Waals surface area contributed by atoms with Gasteiger partial charge in [0.1, 0.15) is 54.9 Å². The first-order chi connectivity index (χ1) is 32.6. The van der Waals surface area contributed by atoms with Crippen molar-refractivity contribution in [2.45, 2.75) is 248 Å². The number of hydrogen-bond acceptors (Lipinski definition) is 14. The Labute approximate surface area is 403 Å². The van der Waals surface area contributed by atoms with Crippen LogP contribution in [-0.2, 0) is 33.2 Å². The van der Waals surface area contributed by atoms with Crippen molar-refractivity contribution in [3.05, 3.63) is 48.6 Å². The van der Waals surface area contributed by atoms with Crippen LogP contribution in [0.5, 0.6) is 0 Å². The van der Waals surface area contributed by atoms with Gasteiger partial charge in [0.05, 0.1) is 26.4 Å². The molecule has 0 aromatic rings. The van der Waals surface area contributed by atoms with Crippen LogP contribution in [0.2, 0.25) is 0 Å². The van der Waals surface area contributed by atoms with Gasteiger partial charge in [0, 0.05) is 13.0 Å². The molecule has 0 aromatic carbocycles. The van der Waals surface area contributed by atoms with Crippen LogP contribution in [0.25, 0.3) is 0 Å². The van der Waals surface area contributed by atoms with E-state index < -0.39 is 80.7 Å². The SMILES string of the molecule is CC/C=C\C/C=C\C/C=C\C/C=C\CCCCCCCCCCCOCC(COC1OC(COC2OC(CO)C(O)C(O)C2O)C(O)C(O)C1O)OC(=O)CCCCCCCCCCCCC. The van der Waals surface area contributed by atoms with E-state index in [4.69, 9.17) is 28.4 Å². The molecule has 2 heterocycles. The molecule has 14 heteroatoms. The molecule has 2 rings (SSSR count). The second-order valence-electron chi connectivity index (χ2n) is 18.3. The normalized spacial score (nSPS) is 26.5. The zero-order chi connectivity index (χ0) is 48.7. The van der Waals surface area contributed by atoms with Crippen LogP contribution in [0, 0.1) is 0 Å². The highest BCUT2D eigenvalue weighted by Gasteiger charge is 2.47. The monoisotopic (exact) mass is 955 g/mol. The van der Waals surface area contributed by atoms with Crippen LogP contribution in [0.3, 0.4) is 0 Å². The van der Waals surface area contributed by atoms with Crippen molar-refractivity contribution in [1.82, 2.24) is 0 Å². The number of aliphatic hydroxyl groups is 7. The van der Waals surface area contributed by atoms with E-state index in [1.54, 1.807) is 0 Å². The minimum Gasteiger partial charge on any atom is -0.457 e. The van der Waals surface area contributed by atoms with Gasteiger partial charge in [-0.15, -0.1) is 0 Å². The highest BCUT2D eigenvalue weighted by molar-refractivity contribution is 5.69. The number of allylic oxidation sites excluding steroid dienone is 8. The number of esters is 1. The molecule has 0 amide bonds. The number of carbonyl (C=O) groups is 1. The van der Waals surface area contributed by atoms with Gasteiger partial charge in [0.25, 0.3) is 0 Å². The first-order valence-electron chi connectivity index (χ1n) is 26.2. The summed E-state index contributed by atoms with van der Waals surface area (Å²) in [4.78, 5) is 13.0. The largest absolute Gasteiger partial charge is 0.457 e.